The summed E-state index contributed by atoms with van der Waals surface area (Å²) < 4.78 is 32.2. The summed E-state index contributed by atoms with van der Waals surface area (Å²) in [7, 11) is -4.86. The zero-order chi connectivity index (χ0) is 37.7. The van der Waals surface area contributed by atoms with Gasteiger partial charge in [-0.05, 0) is 44.9 Å². The number of hydrogen-bond donors (Lipinski definition) is 2. The molecule has 0 bridgehead atoms. The SMILES string of the molecule is CC/C=C\C/C=C\C/C=C\CCCCCCCC(=O)OC[C@H](COP(=O)([O-])OC[C@@H](O)CO)OC(=O)CCCCCCCCCCCCCCC. The van der Waals surface area contributed by atoms with Crippen molar-refractivity contribution in [3.05, 3.63) is 36.5 Å². The maximum atomic E-state index is 12.5. The Labute approximate surface area is 310 Å². The summed E-state index contributed by atoms with van der Waals surface area (Å²) in [6, 6.07) is 0. The van der Waals surface area contributed by atoms with Crippen LogP contribution in [0.3, 0.4) is 0 Å². The van der Waals surface area contributed by atoms with Crippen LogP contribution in [0.2, 0.25) is 0 Å². The van der Waals surface area contributed by atoms with Crippen LogP contribution in [0.25, 0.3) is 0 Å². The lowest BCUT2D eigenvalue weighted by molar-refractivity contribution is -0.230. The molecule has 0 saturated carbocycles. The lowest BCUT2D eigenvalue weighted by Crippen LogP contribution is -2.30. The topological polar surface area (TPSA) is 152 Å². The van der Waals surface area contributed by atoms with Crippen molar-refractivity contribution < 1.29 is 47.8 Å². The van der Waals surface area contributed by atoms with Crippen LogP contribution in [-0.2, 0) is 32.7 Å². The van der Waals surface area contributed by atoms with Gasteiger partial charge in [-0.3, -0.25) is 14.2 Å². The van der Waals surface area contributed by atoms with E-state index in [0.717, 1.165) is 70.6 Å². The van der Waals surface area contributed by atoms with Gasteiger partial charge in [-0.2, -0.15) is 0 Å². The fourth-order valence-corrected chi connectivity index (χ4v) is 6.01. The van der Waals surface area contributed by atoms with E-state index in [0.29, 0.717) is 12.8 Å². The minimum absolute atomic E-state index is 0.167. The van der Waals surface area contributed by atoms with Crippen LogP contribution in [0.5, 0.6) is 0 Å². The standard InChI is InChI=1S/C40H73O10P/c1-3-5-7-9-11-13-15-17-18-20-21-23-25-27-29-31-39(43)47-35-38(36-49-51(45,46)48-34-37(42)33-41)50-40(44)32-30-28-26-24-22-19-16-14-12-10-8-6-4-2/h5,7,11,13,17-18,37-38,41-42H,3-4,6,8-10,12,14-16,19-36H2,1-2H3,(H,45,46)/p-1/b7-5-,13-11-,18-17-/t37-,38+/m0/s1. The van der Waals surface area contributed by atoms with Gasteiger partial charge < -0.3 is 33.6 Å². The zero-order valence-corrected chi connectivity index (χ0v) is 32.9. The third-order valence-electron chi connectivity index (χ3n) is 8.30. The second-order valence-corrected chi connectivity index (χ2v) is 14.7. The molecule has 2 N–H and O–H groups in total. The average molecular weight is 744 g/mol. The van der Waals surface area contributed by atoms with E-state index in [2.05, 4.69) is 54.8 Å². The van der Waals surface area contributed by atoms with Crippen LogP contribution < -0.4 is 4.89 Å². The molecule has 0 rings (SSSR count). The number of carbonyl (C=O) groups excluding carboxylic acids is 2. The molecule has 298 valence electrons. The number of phosphoric acid groups is 1. The average Bonchev–Trinajstić information content (AvgIpc) is 3.12. The van der Waals surface area contributed by atoms with Crippen molar-refractivity contribution in [2.24, 2.45) is 0 Å². The molecule has 0 spiro atoms. The monoisotopic (exact) mass is 743 g/mol. The van der Waals surface area contributed by atoms with Gasteiger partial charge in [0.2, 0.25) is 0 Å². The summed E-state index contributed by atoms with van der Waals surface area (Å²) in [4.78, 5) is 37.0. The van der Waals surface area contributed by atoms with Gasteiger partial charge in [0.15, 0.2) is 6.10 Å². The van der Waals surface area contributed by atoms with E-state index in [1.54, 1.807) is 0 Å². The number of aliphatic hydroxyl groups is 2. The lowest BCUT2D eigenvalue weighted by Gasteiger charge is -2.26. The van der Waals surface area contributed by atoms with E-state index >= 15 is 0 Å². The van der Waals surface area contributed by atoms with Crippen LogP contribution >= 0.6 is 7.82 Å². The van der Waals surface area contributed by atoms with E-state index in [1.165, 1.54) is 57.8 Å². The highest BCUT2D eigenvalue weighted by atomic mass is 31.2. The van der Waals surface area contributed by atoms with Crippen molar-refractivity contribution >= 4 is 19.8 Å². The third-order valence-corrected chi connectivity index (χ3v) is 9.23. The van der Waals surface area contributed by atoms with E-state index in [-0.39, 0.29) is 19.4 Å². The number of hydrogen-bond acceptors (Lipinski definition) is 10. The molecule has 1 unspecified atom stereocenters. The Morgan fingerprint density at radius 2 is 1.10 bits per heavy atom. The Morgan fingerprint density at radius 1 is 0.627 bits per heavy atom. The maximum Gasteiger partial charge on any atom is 0.306 e. The largest absolute Gasteiger partial charge is 0.756 e. The van der Waals surface area contributed by atoms with Crippen molar-refractivity contribution in [3.8, 4) is 0 Å². The van der Waals surface area contributed by atoms with E-state index in [4.69, 9.17) is 19.1 Å². The molecule has 0 radical (unpaired) electrons. The van der Waals surface area contributed by atoms with Crippen LogP contribution in [0, 0.1) is 0 Å². The number of esters is 2. The van der Waals surface area contributed by atoms with Crippen LogP contribution in [0.15, 0.2) is 36.5 Å². The highest BCUT2D eigenvalue weighted by Gasteiger charge is 2.21. The minimum atomic E-state index is -4.86. The summed E-state index contributed by atoms with van der Waals surface area (Å²) >= 11 is 0. The quantitative estimate of drug-likeness (QED) is 0.0273. The number of ether oxygens (including phenoxy) is 2. The van der Waals surface area contributed by atoms with Gasteiger partial charge in [0.1, 0.15) is 12.7 Å². The van der Waals surface area contributed by atoms with E-state index < -0.39 is 51.8 Å². The third kappa shape index (κ3) is 36.3. The first kappa shape index (κ1) is 49.2. The highest BCUT2D eigenvalue weighted by molar-refractivity contribution is 7.45. The molecule has 0 aliphatic carbocycles. The molecule has 0 heterocycles. The number of carbonyl (C=O) groups is 2. The minimum Gasteiger partial charge on any atom is -0.756 e. The first-order chi connectivity index (χ1) is 24.7. The molecule has 0 amide bonds. The van der Waals surface area contributed by atoms with Gasteiger partial charge in [-0.1, -0.05) is 147 Å². The molecule has 51 heavy (non-hydrogen) atoms. The van der Waals surface area contributed by atoms with E-state index in [1.807, 2.05) is 0 Å². The predicted molar refractivity (Wildman–Crippen MR) is 203 cm³/mol. The fraction of sp³-hybridized carbons (Fsp3) is 0.800. The summed E-state index contributed by atoms with van der Waals surface area (Å²) in [6.07, 6.45) is 35.1. The molecule has 0 aromatic carbocycles. The second-order valence-electron chi connectivity index (χ2n) is 13.3. The molecule has 0 aliphatic heterocycles. The summed E-state index contributed by atoms with van der Waals surface area (Å²) in [6.45, 7) is 2.05. The van der Waals surface area contributed by atoms with Crippen LogP contribution in [-0.4, -0.2) is 60.8 Å². The molecule has 0 aliphatic rings. The molecule has 0 fully saturated rings. The fourth-order valence-electron chi connectivity index (χ4n) is 5.24. The van der Waals surface area contributed by atoms with Crippen molar-refractivity contribution in [1.82, 2.24) is 0 Å². The summed E-state index contributed by atoms with van der Waals surface area (Å²) in [5, 5.41) is 18.2. The van der Waals surface area contributed by atoms with Crippen molar-refractivity contribution in [3.63, 3.8) is 0 Å². The second kappa shape index (κ2) is 36.5. The Kier molecular flexibility index (Phi) is 35.2. The van der Waals surface area contributed by atoms with E-state index in [9.17, 15) is 24.2 Å². The molecular weight excluding hydrogens is 671 g/mol. The Hall–Kier alpha value is -1.81. The van der Waals surface area contributed by atoms with Gasteiger partial charge in [-0.15, -0.1) is 0 Å². The molecule has 3 atom stereocenters. The van der Waals surface area contributed by atoms with Gasteiger partial charge in [-0.25, -0.2) is 0 Å². The summed E-state index contributed by atoms with van der Waals surface area (Å²) in [5.41, 5.74) is 0. The van der Waals surface area contributed by atoms with Crippen LogP contribution in [0.4, 0.5) is 0 Å². The van der Waals surface area contributed by atoms with Crippen molar-refractivity contribution in [2.75, 3.05) is 26.4 Å². The first-order valence-electron chi connectivity index (χ1n) is 19.9. The smallest absolute Gasteiger partial charge is 0.306 e. The molecule has 11 heteroatoms. The Morgan fingerprint density at radius 3 is 1.65 bits per heavy atom. The normalized spacial score (nSPS) is 14.4. The predicted octanol–water partition coefficient (Wildman–Crippen LogP) is 9.37. The molecule has 0 aromatic rings. The van der Waals surface area contributed by atoms with Gasteiger partial charge in [0.25, 0.3) is 7.82 Å². The van der Waals surface area contributed by atoms with Crippen molar-refractivity contribution in [1.29, 1.82) is 0 Å². The highest BCUT2D eigenvalue weighted by Crippen LogP contribution is 2.38. The molecule has 0 aromatic heterocycles. The lowest BCUT2D eigenvalue weighted by atomic mass is 10.0. The zero-order valence-electron chi connectivity index (χ0n) is 32.0. The number of aliphatic hydroxyl groups excluding tert-OH is 2. The maximum absolute atomic E-state index is 12.5. The molecule has 10 nitrogen and oxygen atoms in total. The number of phosphoric ester groups is 1. The van der Waals surface area contributed by atoms with Crippen molar-refractivity contribution in [2.45, 2.75) is 180 Å². The molecular formula is C40H72O10P-. The first-order valence-corrected chi connectivity index (χ1v) is 21.4. The van der Waals surface area contributed by atoms with Gasteiger partial charge >= 0.3 is 11.9 Å². The molecule has 0 saturated heterocycles. The van der Waals surface area contributed by atoms with Gasteiger partial charge in [0.05, 0.1) is 19.8 Å². The summed E-state index contributed by atoms with van der Waals surface area (Å²) in [5.74, 6) is -0.979. The number of allylic oxidation sites excluding steroid dienone is 6. The number of unbranched alkanes of at least 4 members (excludes halogenated alkanes) is 17. The Balaban J connectivity index is 4.36. The number of rotatable bonds is 37. The van der Waals surface area contributed by atoms with Gasteiger partial charge in [0, 0.05) is 12.8 Å². The van der Waals surface area contributed by atoms with Crippen LogP contribution in [0.1, 0.15) is 168 Å². The Bertz CT molecular complexity index is 952.